The molecule has 0 saturated carbocycles. The Morgan fingerprint density at radius 1 is 1.03 bits per heavy atom. The summed E-state index contributed by atoms with van der Waals surface area (Å²) in [6.45, 7) is 0.170. The number of rotatable bonds is 9. The zero-order chi connectivity index (χ0) is 24.1. The Bertz CT molecular complexity index is 1400. The first-order valence-electron chi connectivity index (χ1n) is 10.6. The summed E-state index contributed by atoms with van der Waals surface area (Å²) in [4.78, 5) is 17.4. The molecule has 176 valence electrons. The molecule has 0 unspecified atom stereocenters. The second kappa shape index (κ2) is 9.94. The summed E-state index contributed by atoms with van der Waals surface area (Å²) in [6.07, 6.45) is 0. The van der Waals surface area contributed by atoms with Crippen LogP contribution >= 0.6 is 0 Å². The van der Waals surface area contributed by atoms with Crippen LogP contribution in [-0.2, 0) is 21.4 Å². The van der Waals surface area contributed by atoms with E-state index in [0.717, 1.165) is 5.52 Å². The average Bonchev–Trinajstić information content (AvgIpc) is 3.20. The van der Waals surface area contributed by atoms with Crippen molar-refractivity contribution in [3.05, 3.63) is 78.9 Å². The predicted molar refractivity (Wildman–Crippen MR) is 132 cm³/mol. The number of sulfonamides is 1. The maximum absolute atomic E-state index is 13.1. The molecule has 3 N–H and O–H groups in total. The fourth-order valence-electron chi connectivity index (χ4n) is 3.55. The number of imidazole rings is 1. The largest absolute Gasteiger partial charge is 0.395 e. The van der Waals surface area contributed by atoms with Crippen molar-refractivity contribution in [1.29, 1.82) is 0 Å². The Kier molecular flexibility index (Phi) is 6.80. The van der Waals surface area contributed by atoms with Crippen molar-refractivity contribution in [2.24, 2.45) is 0 Å². The summed E-state index contributed by atoms with van der Waals surface area (Å²) in [5.74, 6) is 0.118. The van der Waals surface area contributed by atoms with Gasteiger partial charge in [-0.05, 0) is 42.5 Å². The highest BCUT2D eigenvalue weighted by molar-refractivity contribution is 7.92. The van der Waals surface area contributed by atoms with Crippen LogP contribution < -0.4 is 14.9 Å². The van der Waals surface area contributed by atoms with Gasteiger partial charge in [-0.1, -0.05) is 36.4 Å². The molecule has 1 aromatic heterocycles. The highest BCUT2D eigenvalue weighted by atomic mass is 32.2. The van der Waals surface area contributed by atoms with E-state index in [0.29, 0.717) is 29.4 Å². The van der Waals surface area contributed by atoms with Gasteiger partial charge < -0.3 is 20.3 Å². The number of nitrogens with one attached hydrogen (secondary N) is 2. The first-order chi connectivity index (χ1) is 16.4. The molecule has 1 heterocycles. The van der Waals surface area contributed by atoms with Crippen LogP contribution in [-0.4, -0.2) is 49.2 Å². The van der Waals surface area contributed by atoms with Crippen LogP contribution in [0.2, 0.25) is 0 Å². The summed E-state index contributed by atoms with van der Waals surface area (Å²) in [5.41, 5.74) is 2.38. The van der Waals surface area contributed by atoms with E-state index in [-0.39, 0.29) is 24.0 Å². The molecule has 0 aliphatic heterocycles. The summed E-state index contributed by atoms with van der Waals surface area (Å²) in [7, 11) is -2.33. The molecule has 34 heavy (non-hydrogen) atoms. The van der Waals surface area contributed by atoms with Gasteiger partial charge in [0.05, 0.1) is 28.2 Å². The third-order valence-corrected chi connectivity index (χ3v) is 7.03. The van der Waals surface area contributed by atoms with E-state index >= 15 is 0 Å². The smallest absolute Gasteiger partial charge is 0.264 e. The van der Waals surface area contributed by atoms with Gasteiger partial charge >= 0.3 is 0 Å². The molecule has 1 amide bonds. The number of amides is 1. The van der Waals surface area contributed by atoms with Crippen LogP contribution in [0.5, 0.6) is 0 Å². The quantitative estimate of drug-likeness (QED) is 0.340. The number of nitrogens with zero attached hydrogens (tertiary/aromatic N) is 3. The third kappa shape index (κ3) is 4.87. The number of hydrogen-bond acceptors (Lipinski definition) is 6. The molecule has 4 aromatic rings. The zero-order valence-corrected chi connectivity index (χ0v) is 19.4. The van der Waals surface area contributed by atoms with E-state index in [2.05, 4.69) is 15.6 Å². The van der Waals surface area contributed by atoms with Crippen molar-refractivity contribution in [3.63, 3.8) is 0 Å². The lowest BCUT2D eigenvalue weighted by Gasteiger charge is -2.20. The molecule has 0 fully saturated rings. The molecule has 3 aromatic carbocycles. The maximum atomic E-state index is 13.1. The lowest BCUT2D eigenvalue weighted by molar-refractivity contribution is -0.116. The number of aliphatic hydroxyl groups excluding tert-OH is 1. The van der Waals surface area contributed by atoms with Crippen LogP contribution in [0.1, 0.15) is 0 Å². The number of hydrogen-bond donors (Lipinski definition) is 3. The molecular weight excluding hydrogens is 454 g/mol. The number of carbonyl (C=O) groups excluding carboxylic acids is 1. The van der Waals surface area contributed by atoms with Crippen molar-refractivity contribution >= 4 is 44.3 Å². The highest BCUT2D eigenvalue weighted by Crippen LogP contribution is 2.24. The minimum atomic E-state index is -3.81. The molecule has 0 spiro atoms. The van der Waals surface area contributed by atoms with E-state index in [4.69, 9.17) is 5.11 Å². The number of para-hydroxylation sites is 3. The van der Waals surface area contributed by atoms with E-state index in [1.807, 2.05) is 30.3 Å². The first kappa shape index (κ1) is 23.3. The zero-order valence-electron chi connectivity index (χ0n) is 18.5. The Balaban J connectivity index is 1.55. The van der Waals surface area contributed by atoms with Crippen LogP contribution in [0.4, 0.5) is 17.3 Å². The molecule has 10 heteroatoms. The van der Waals surface area contributed by atoms with Crippen molar-refractivity contribution in [3.8, 4) is 0 Å². The molecule has 0 aliphatic carbocycles. The van der Waals surface area contributed by atoms with Gasteiger partial charge in [-0.2, -0.15) is 0 Å². The highest BCUT2D eigenvalue weighted by Gasteiger charge is 2.22. The third-order valence-electron chi connectivity index (χ3n) is 5.25. The second-order valence-electron chi connectivity index (χ2n) is 7.54. The summed E-state index contributed by atoms with van der Waals surface area (Å²) in [6, 6.07) is 22.3. The standard InChI is InChI=1S/C24H25N5O4S/c1-28(19-9-3-2-4-10-19)34(32,33)20-11-7-8-18(16-20)26-23(31)17-29-22-13-6-5-12-21(22)27-24(29)25-14-15-30/h2-13,16,30H,14-15,17H2,1H3,(H,25,27)(H,26,31). The Labute approximate surface area is 197 Å². The lowest BCUT2D eigenvalue weighted by Crippen LogP contribution is -2.26. The van der Waals surface area contributed by atoms with Crippen molar-refractivity contribution in [1.82, 2.24) is 9.55 Å². The number of carbonyl (C=O) groups is 1. The van der Waals surface area contributed by atoms with Crippen molar-refractivity contribution in [2.45, 2.75) is 11.4 Å². The Hall–Kier alpha value is -3.89. The van der Waals surface area contributed by atoms with Crippen LogP contribution in [0.25, 0.3) is 11.0 Å². The number of fused-ring (bicyclic) bond motifs is 1. The number of aromatic nitrogens is 2. The Morgan fingerprint density at radius 2 is 1.76 bits per heavy atom. The molecular formula is C24H25N5O4S. The monoisotopic (exact) mass is 479 g/mol. The van der Waals surface area contributed by atoms with E-state index in [1.54, 1.807) is 41.0 Å². The number of benzene rings is 3. The topological polar surface area (TPSA) is 117 Å². The fourth-order valence-corrected chi connectivity index (χ4v) is 4.79. The summed E-state index contributed by atoms with van der Waals surface area (Å²) >= 11 is 0. The lowest BCUT2D eigenvalue weighted by atomic mass is 10.3. The van der Waals surface area contributed by atoms with Gasteiger partial charge in [-0.25, -0.2) is 13.4 Å². The predicted octanol–water partition coefficient (Wildman–Crippen LogP) is 2.90. The van der Waals surface area contributed by atoms with E-state index in [1.165, 1.54) is 23.5 Å². The van der Waals surface area contributed by atoms with Crippen LogP contribution in [0, 0.1) is 0 Å². The normalized spacial score (nSPS) is 11.4. The molecule has 9 nitrogen and oxygen atoms in total. The molecule has 0 radical (unpaired) electrons. The molecule has 0 bridgehead atoms. The number of aliphatic hydroxyl groups is 1. The van der Waals surface area contributed by atoms with Crippen molar-refractivity contribution in [2.75, 3.05) is 35.1 Å². The fraction of sp³-hybridized carbons (Fsp3) is 0.167. The molecule has 0 aliphatic rings. The van der Waals surface area contributed by atoms with Gasteiger partial charge in [-0.15, -0.1) is 0 Å². The average molecular weight is 480 g/mol. The summed E-state index contributed by atoms with van der Waals surface area (Å²) in [5, 5.41) is 14.9. The first-order valence-corrected chi connectivity index (χ1v) is 12.1. The van der Waals surface area contributed by atoms with Gasteiger partial charge in [0.1, 0.15) is 6.54 Å². The van der Waals surface area contributed by atoms with Crippen molar-refractivity contribution < 1.29 is 18.3 Å². The van der Waals surface area contributed by atoms with Gasteiger partial charge in [0.2, 0.25) is 11.9 Å². The van der Waals surface area contributed by atoms with E-state index < -0.39 is 10.0 Å². The maximum Gasteiger partial charge on any atom is 0.264 e. The minimum Gasteiger partial charge on any atom is -0.395 e. The van der Waals surface area contributed by atoms with Gasteiger partial charge in [0.25, 0.3) is 10.0 Å². The second-order valence-corrected chi connectivity index (χ2v) is 9.51. The molecule has 0 saturated heterocycles. The molecule has 4 rings (SSSR count). The van der Waals surface area contributed by atoms with Gasteiger partial charge in [0, 0.05) is 19.3 Å². The van der Waals surface area contributed by atoms with Gasteiger partial charge in [0.15, 0.2) is 0 Å². The van der Waals surface area contributed by atoms with Crippen LogP contribution in [0.3, 0.4) is 0 Å². The molecule has 0 atom stereocenters. The van der Waals surface area contributed by atoms with E-state index in [9.17, 15) is 13.2 Å². The Morgan fingerprint density at radius 3 is 2.53 bits per heavy atom. The van der Waals surface area contributed by atoms with Gasteiger partial charge in [-0.3, -0.25) is 9.10 Å². The SMILES string of the molecule is CN(c1ccccc1)S(=O)(=O)c1cccc(NC(=O)Cn2c(NCCO)nc3ccccc32)c1. The minimum absolute atomic E-state index is 0.0465. The van der Waals surface area contributed by atoms with Crippen LogP contribution in [0.15, 0.2) is 83.8 Å². The number of anilines is 3. The summed E-state index contributed by atoms with van der Waals surface area (Å²) < 4.78 is 29.1.